The number of methoxy groups -OCH3 is 2. The average molecular weight is 341 g/mol. The summed E-state index contributed by atoms with van der Waals surface area (Å²) in [5.74, 6) is 1.39. The lowest BCUT2D eigenvalue weighted by Gasteiger charge is -2.21. The van der Waals surface area contributed by atoms with Crippen LogP contribution in [0.1, 0.15) is 25.1 Å². The van der Waals surface area contributed by atoms with Crippen LogP contribution in [0.4, 0.5) is 5.69 Å². The van der Waals surface area contributed by atoms with Crippen molar-refractivity contribution in [2.45, 2.75) is 25.4 Å². The molecular formula is C19H23N3O3. The molecule has 1 saturated heterocycles. The van der Waals surface area contributed by atoms with Crippen LogP contribution in [0, 0.1) is 0 Å². The third-order valence-electron chi connectivity index (χ3n) is 4.44. The maximum atomic E-state index is 12.8. The smallest absolute Gasteiger partial charge is 0.244 e. The molecule has 1 N–H and O–H groups in total. The molecule has 132 valence electrons. The van der Waals surface area contributed by atoms with Gasteiger partial charge in [0, 0.05) is 37.0 Å². The fourth-order valence-corrected chi connectivity index (χ4v) is 3.06. The van der Waals surface area contributed by atoms with E-state index in [2.05, 4.69) is 10.3 Å². The van der Waals surface area contributed by atoms with E-state index in [-0.39, 0.29) is 18.0 Å². The molecule has 1 aromatic heterocycles. The molecule has 2 aromatic rings. The Morgan fingerprint density at radius 2 is 1.92 bits per heavy atom. The topological polar surface area (TPSA) is 63.7 Å². The van der Waals surface area contributed by atoms with E-state index >= 15 is 0 Å². The predicted octanol–water partition coefficient (Wildman–Crippen LogP) is 2.55. The van der Waals surface area contributed by atoms with Crippen LogP contribution in [-0.2, 0) is 4.79 Å². The van der Waals surface area contributed by atoms with E-state index < -0.39 is 0 Å². The molecule has 0 radical (unpaired) electrons. The lowest BCUT2D eigenvalue weighted by atomic mass is 10.1. The summed E-state index contributed by atoms with van der Waals surface area (Å²) in [5.41, 5.74) is 1.72. The van der Waals surface area contributed by atoms with Crippen LogP contribution >= 0.6 is 0 Å². The monoisotopic (exact) mass is 341 g/mol. The molecule has 0 aliphatic carbocycles. The van der Waals surface area contributed by atoms with Gasteiger partial charge in [-0.1, -0.05) is 6.07 Å². The van der Waals surface area contributed by atoms with E-state index in [0.717, 1.165) is 17.8 Å². The Hall–Kier alpha value is -2.60. The number of hydrogen-bond donors (Lipinski definition) is 1. The number of ether oxygens (including phenoxy) is 2. The highest BCUT2D eigenvalue weighted by molar-refractivity contribution is 5.99. The second kappa shape index (κ2) is 7.53. The lowest BCUT2D eigenvalue weighted by Crippen LogP contribution is -2.39. The number of nitrogens with zero attached hydrogens (tertiary/aromatic N) is 2. The van der Waals surface area contributed by atoms with Gasteiger partial charge in [0.25, 0.3) is 0 Å². The number of pyridine rings is 1. The Balaban J connectivity index is 1.74. The van der Waals surface area contributed by atoms with E-state index in [1.54, 1.807) is 31.4 Å². The van der Waals surface area contributed by atoms with Gasteiger partial charge in [-0.2, -0.15) is 0 Å². The largest absolute Gasteiger partial charge is 0.497 e. The third-order valence-corrected chi connectivity index (χ3v) is 4.44. The fraction of sp³-hybridized carbons (Fsp3) is 0.368. The van der Waals surface area contributed by atoms with Gasteiger partial charge in [0.05, 0.1) is 31.6 Å². The van der Waals surface area contributed by atoms with Gasteiger partial charge < -0.3 is 14.4 Å². The normalized spacial score (nSPS) is 18.3. The first kappa shape index (κ1) is 17.2. The van der Waals surface area contributed by atoms with E-state index in [1.807, 2.05) is 37.3 Å². The number of carbonyl (C=O) groups excluding carboxylic acids is 1. The van der Waals surface area contributed by atoms with Crippen LogP contribution in [-0.4, -0.2) is 37.7 Å². The van der Waals surface area contributed by atoms with E-state index in [0.29, 0.717) is 18.0 Å². The number of anilines is 1. The molecule has 25 heavy (non-hydrogen) atoms. The highest BCUT2D eigenvalue weighted by Crippen LogP contribution is 2.31. The highest BCUT2D eigenvalue weighted by Gasteiger charge is 2.34. The number of carbonyl (C=O) groups is 1. The molecule has 1 fully saturated rings. The molecular weight excluding hydrogens is 318 g/mol. The summed E-state index contributed by atoms with van der Waals surface area (Å²) in [6.45, 7) is 2.68. The summed E-state index contributed by atoms with van der Waals surface area (Å²) in [7, 11) is 3.20. The predicted molar refractivity (Wildman–Crippen MR) is 96.1 cm³/mol. The first-order valence-corrected chi connectivity index (χ1v) is 8.34. The van der Waals surface area contributed by atoms with Gasteiger partial charge in [-0.05, 0) is 25.5 Å². The molecule has 1 aromatic carbocycles. The third kappa shape index (κ3) is 3.74. The van der Waals surface area contributed by atoms with Crippen molar-refractivity contribution >= 4 is 11.6 Å². The molecule has 2 heterocycles. The van der Waals surface area contributed by atoms with Crippen molar-refractivity contribution in [3.05, 3.63) is 48.3 Å². The van der Waals surface area contributed by atoms with Crippen molar-refractivity contribution in [2.75, 3.05) is 25.7 Å². The van der Waals surface area contributed by atoms with Gasteiger partial charge in [0.1, 0.15) is 11.5 Å². The number of benzene rings is 1. The molecule has 6 nitrogen and oxygen atoms in total. The van der Waals surface area contributed by atoms with Crippen molar-refractivity contribution in [3.63, 3.8) is 0 Å². The zero-order valence-electron chi connectivity index (χ0n) is 14.7. The van der Waals surface area contributed by atoms with Crippen molar-refractivity contribution in [1.29, 1.82) is 0 Å². The number of hydrogen-bond acceptors (Lipinski definition) is 5. The summed E-state index contributed by atoms with van der Waals surface area (Å²) in [6.07, 6.45) is 2.51. The van der Waals surface area contributed by atoms with E-state index in [4.69, 9.17) is 9.47 Å². The van der Waals surface area contributed by atoms with Crippen molar-refractivity contribution in [1.82, 2.24) is 10.3 Å². The fourth-order valence-electron chi connectivity index (χ4n) is 3.06. The number of aromatic nitrogens is 1. The molecule has 1 aliphatic heterocycles. The minimum Gasteiger partial charge on any atom is -0.497 e. The standard InChI is InChI=1S/C19H23N3O3/c1-13(17-6-4-5-8-20-17)21-18-7-9-22(19(18)23)14-10-15(24-2)12-16(11-14)25-3/h4-6,8,10-13,18,21H,7,9H2,1-3H3. The summed E-state index contributed by atoms with van der Waals surface area (Å²) >= 11 is 0. The maximum Gasteiger partial charge on any atom is 0.244 e. The van der Waals surface area contributed by atoms with Crippen LogP contribution < -0.4 is 19.7 Å². The quantitative estimate of drug-likeness (QED) is 0.875. The van der Waals surface area contributed by atoms with Gasteiger partial charge in [0.15, 0.2) is 0 Å². The van der Waals surface area contributed by atoms with Gasteiger partial charge in [-0.25, -0.2) is 0 Å². The van der Waals surface area contributed by atoms with Gasteiger partial charge in [-0.15, -0.1) is 0 Å². The molecule has 2 unspecified atom stereocenters. The molecule has 0 saturated carbocycles. The molecule has 0 bridgehead atoms. The number of amides is 1. The molecule has 1 amide bonds. The Morgan fingerprint density at radius 3 is 2.52 bits per heavy atom. The Labute approximate surface area is 147 Å². The minimum absolute atomic E-state index is 0.00921. The summed E-state index contributed by atoms with van der Waals surface area (Å²) in [4.78, 5) is 19.0. The van der Waals surface area contributed by atoms with Gasteiger partial charge in [0.2, 0.25) is 5.91 Å². The van der Waals surface area contributed by atoms with Crippen LogP contribution in [0.15, 0.2) is 42.6 Å². The average Bonchev–Trinajstić information content (AvgIpc) is 3.02. The van der Waals surface area contributed by atoms with Crippen molar-refractivity contribution in [3.8, 4) is 11.5 Å². The lowest BCUT2D eigenvalue weighted by molar-refractivity contribution is -0.119. The minimum atomic E-state index is -0.228. The van der Waals surface area contributed by atoms with Crippen LogP contribution in [0.3, 0.4) is 0 Å². The Kier molecular flexibility index (Phi) is 5.19. The van der Waals surface area contributed by atoms with Gasteiger partial charge >= 0.3 is 0 Å². The second-order valence-electron chi connectivity index (χ2n) is 6.04. The molecule has 6 heteroatoms. The Bertz CT molecular complexity index is 714. The first-order chi connectivity index (χ1) is 12.1. The van der Waals surface area contributed by atoms with E-state index in [9.17, 15) is 4.79 Å². The second-order valence-corrected chi connectivity index (χ2v) is 6.04. The maximum absolute atomic E-state index is 12.8. The Morgan fingerprint density at radius 1 is 1.20 bits per heavy atom. The zero-order chi connectivity index (χ0) is 17.8. The van der Waals surface area contributed by atoms with Crippen LogP contribution in [0.5, 0.6) is 11.5 Å². The van der Waals surface area contributed by atoms with E-state index in [1.165, 1.54) is 0 Å². The van der Waals surface area contributed by atoms with Crippen LogP contribution in [0.25, 0.3) is 0 Å². The summed E-state index contributed by atoms with van der Waals surface area (Å²) in [6, 6.07) is 11.1. The van der Waals surface area contributed by atoms with Gasteiger partial charge in [-0.3, -0.25) is 15.1 Å². The molecule has 2 atom stereocenters. The first-order valence-electron chi connectivity index (χ1n) is 8.34. The summed E-state index contributed by atoms with van der Waals surface area (Å²) < 4.78 is 10.6. The summed E-state index contributed by atoms with van der Waals surface area (Å²) in [5, 5.41) is 3.39. The SMILES string of the molecule is COc1cc(OC)cc(N2CCC(NC(C)c3ccccn3)C2=O)c1. The number of nitrogens with one attached hydrogen (secondary N) is 1. The van der Waals surface area contributed by atoms with Crippen molar-refractivity contribution in [2.24, 2.45) is 0 Å². The molecule has 1 aliphatic rings. The zero-order valence-corrected chi connectivity index (χ0v) is 14.7. The number of rotatable bonds is 6. The van der Waals surface area contributed by atoms with Crippen LogP contribution in [0.2, 0.25) is 0 Å². The highest BCUT2D eigenvalue weighted by atomic mass is 16.5. The molecule has 0 spiro atoms. The molecule has 3 rings (SSSR count). The van der Waals surface area contributed by atoms with Crippen molar-refractivity contribution < 1.29 is 14.3 Å².